The summed E-state index contributed by atoms with van der Waals surface area (Å²) in [5, 5.41) is 28.5. The van der Waals surface area contributed by atoms with Gasteiger partial charge in [0.15, 0.2) is 5.76 Å². The Bertz CT molecular complexity index is 1050. The van der Waals surface area contributed by atoms with Gasteiger partial charge in [-0.25, -0.2) is 0 Å². The van der Waals surface area contributed by atoms with Crippen molar-refractivity contribution in [3.63, 3.8) is 0 Å². The first-order valence-electron chi connectivity index (χ1n) is 11.8. The number of carboxylic acid groups (broad SMARTS) is 2. The maximum absolute atomic E-state index is 12.8. The molecule has 0 aromatic carbocycles. The molecular formula is C23H26N4O9-2. The van der Waals surface area contributed by atoms with Crippen LogP contribution in [0.15, 0.2) is 22.8 Å². The molecule has 4 amide bonds. The van der Waals surface area contributed by atoms with E-state index in [0.717, 1.165) is 22.6 Å². The molecule has 3 heterocycles. The summed E-state index contributed by atoms with van der Waals surface area (Å²) in [4.78, 5) is 75.0. The van der Waals surface area contributed by atoms with Gasteiger partial charge in [0, 0.05) is 43.9 Å². The van der Waals surface area contributed by atoms with Gasteiger partial charge in [-0.15, -0.1) is 0 Å². The quantitative estimate of drug-likeness (QED) is 0.349. The number of likely N-dealkylation sites (tertiary alicyclic amines) is 2. The van der Waals surface area contributed by atoms with Crippen molar-refractivity contribution < 1.29 is 43.4 Å². The van der Waals surface area contributed by atoms with Gasteiger partial charge in [-0.1, -0.05) is 0 Å². The molecular weight excluding hydrogens is 476 g/mol. The van der Waals surface area contributed by atoms with E-state index in [2.05, 4.69) is 10.6 Å². The van der Waals surface area contributed by atoms with Crippen LogP contribution in [0.1, 0.15) is 49.1 Å². The van der Waals surface area contributed by atoms with E-state index in [1.165, 1.54) is 18.4 Å². The fourth-order valence-electron chi connectivity index (χ4n) is 4.71. The van der Waals surface area contributed by atoms with Gasteiger partial charge in [0.25, 0.3) is 5.91 Å². The highest BCUT2D eigenvalue weighted by atomic mass is 16.4. The van der Waals surface area contributed by atoms with Gasteiger partial charge in [0.2, 0.25) is 17.7 Å². The second-order valence-corrected chi connectivity index (χ2v) is 9.36. The molecule has 1 aromatic rings. The fraction of sp³-hybridized carbons (Fsp3) is 0.565. The van der Waals surface area contributed by atoms with E-state index in [0.29, 0.717) is 0 Å². The smallest absolute Gasteiger partial charge is 0.287 e. The minimum Gasteiger partial charge on any atom is -0.548 e. The van der Waals surface area contributed by atoms with E-state index in [4.69, 9.17) is 4.42 Å². The molecule has 36 heavy (non-hydrogen) atoms. The maximum Gasteiger partial charge on any atom is 0.287 e. The van der Waals surface area contributed by atoms with Crippen molar-refractivity contribution in [2.75, 3.05) is 13.1 Å². The summed E-state index contributed by atoms with van der Waals surface area (Å²) in [6.45, 7) is -0.116. The molecule has 0 radical (unpaired) electrons. The van der Waals surface area contributed by atoms with Crippen molar-refractivity contribution >= 4 is 35.6 Å². The number of hydrogen-bond acceptors (Lipinski definition) is 9. The normalized spacial score (nSPS) is 25.4. The number of nitrogens with one attached hydrogen (secondary N) is 2. The zero-order valence-electron chi connectivity index (χ0n) is 19.3. The molecule has 0 unspecified atom stereocenters. The first kappa shape index (κ1) is 25.2. The second kappa shape index (κ2) is 10.4. The summed E-state index contributed by atoms with van der Waals surface area (Å²) in [7, 11) is 0. The molecule has 4 atom stereocenters. The van der Waals surface area contributed by atoms with Crippen LogP contribution >= 0.6 is 0 Å². The van der Waals surface area contributed by atoms with E-state index in [1.807, 2.05) is 0 Å². The highest BCUT2D eigenvalue weighted by molar-refractivity contribution is 5.92. The Kier molecular flexibility index (Phi) is 7.27. The van der Waals surface area contributed by atoms with Gasteiger partial charge >= 0.3 is 0 Å². The van der Waals surface area contributed by atoms with Gasteiger partial charge in [-0.05, 0) is 37.8 Å². The molecule has 2 N–H and O–H groups in total. The van der Waals surface area contributed by atoms with E-state index in [1.54, 1.807) is 0 Å². The van der Waals surface area contributed by atoms with Crippen LogP contribution in [-0.4, -0.2) is 82.6 Å². The number of aliphatic carboxylic acids is 2. The monoisotopic (exact) mass is 502 g/mol. The molecule has 1 saturated carbocycles. The van der Waals surface area contributed by atoms with E-state index in [9.17, 15) is 39.0 Å². The van der Waals surface area contributed by atoms with Crippen molar-refractivity contribution in [2.24, 2.45) is 5.92 Å². The average molecular weight is 502 g/mol. The van der Waals surface area contributed by atoms with Crippen LogP contribution in [0.2, 0.25) is 0 Å². The van der Waals surface area contributed by atoms with Crippen molar-refractivity contribution in [3.05, 3.63) is 24.2 Å². The molecule has 13 nitrogen and oxygen atoms in total. The van der Waals surface area contributed by atoms with Crippen molar-refractivity contribution in [1.29, 1.82) is 0 Å². The summed E-state index contributed by atoms with van der Waals surface area (Å²) in [6, 6.07) is -0.757. The third kappa shape index (κ3) is 5.66. The van der Waals surface area contributed by atoms with Crippen molar-refractivity contribution in [3.8, 4) is 0 Å². The lowest BCUT2D eigenvalue weighted by Crippen LogP contribution is -2.48. The molecule has 1 aromatic heterocycles. The molecule has 1 aliphatic carbocycles. The molecule has 2 aliphatic heterocycles. The predicted octanol–water partition coefficient (Wildman–Crippen LogP) is -3.25. The van der Waals surface area contributed by atoms with E-state index < -0.39 is 53.8 Å². The van der Waals surface area contributed by atoms with Crippen LogP contribution in [0.5, 0.6) is 0 Å². The Morgan fingerprint density at radius 3 is 1.83 bits per heavy atom. The number of carbonyl (C=O) groups excluding carboxylic acids is 6. The average Bonchev–Trinajstić information content (AvgIpc) is 3.22. The lowest BCUT2D eigenvalue weighted by molar-refractivity contribution is -0.311. The Balaban J connectivity index is 1.32. The number of furan rings is 1. The van der Waals surface area contributed by atoms with Crippen LogP contribution < -0.4 is 20.8 Å². The largest absolute Gasteiger partial charge is 0.548 e. The number of carboxylic acids is 2. The van der Waals surface area contributed by atoms with Crippen LogP contribution in [0.25, 0.3) is 0 Å². The van der Waals surface area contributed by atoms with Gasteiger partial charge < -0.3 is 44.7 Å². The number of carbonyl (C=O) groups is 6. The molecule has 3 fully saturated rings. The lowest BCUT2D eigenvalue weighted by atomic mass is 10.1. The van der Waals surface area contributed by atoms with Gasteiger partial charge in [-0.3, -0.25) is 19.2 Å². The molecule has 3 aliphatic rings. The number of nitrogens with zero attached hydrogens (tertiary/aromatic N) is 2. The van der Waals surface area contributed by atoms with E-state index >= 15 is 0 Å². The van der Waals surface area contributed by atoms with Crippen molar-refractivity contribution in [1.82, 2.24) is 20.4 Å². The van der Waals surface area contributed by atoms with Gasteiger partial charge in [0.1, 0.15) is 0 Å². The first-order valence-corrected chi connectivity index (χ1v) is 11.8. The number of amides is 4. The van der Waals surface area contributed by atoms with Crippen LogP contribution in [0, 0.1) is 5.92 Å². The summed E-state index contributed by atoms with van der Waals surface area (Å²) in [5.74, 6) is -4.97. The summed E-state index contributed by atoms with van der Waals surface area (Å²) < 4.78 is 5.00. The summed E-state index contributed by atoms with van der Waals surface area (Å²) in [6.07, 6.45) is 2.09. The molecule has 13 heteroatoms. The predicted molar refractivity (Wildman–Crippen MR) is 114 cm³/mol. The van der Waals surface area contributed by atoms with Gasteiger partial charge in [0.05, 0.1) is 30.3 Å². The van der Waals surface area contributed by atoms with Crippen LogP contribution in [0.4, 0.5) is 0 Å². The zero-order valence-corrected chi connectivity index (χ0v) is 19.3. The van der Waals surface area contributed by atoms with Crippen LogP contribution in [0.3, 0.4) is 0 Å². The third-order valence-electron chi connectivity index (χ3n) is 6.71. The topological polar surface area (TPSA) is 192 Å². The number of hydrogen-bond donors (Lipinski definition) is 2. The summed E-state index contributed by atoms with van der Waals surface area (Å²) in [5.41, 5.74) is 0. The molecule has 0 bridgehead atoms. The van der Waals surface area contributed by atoms with Crippen molar-refractivity contribution in [2.45, 2.75) is 62.7 Å². The van der Waals surface area contributed by atoms with Crippen LogP contribution in [-0.2, 0) is 24.0 Å². The molecule has 4 rings (SSSR count). The Hall–Kier alpha value is -3.90. The molecule has 194 valence electrons. The number of rotatable bonds is 9. The zero-order chi connectivity index (χ0) is 26.0. The first-order chi connectivity index (χ1) is 17.1. The SMILES string of the molecule is O=C(N[C@H]1C[C@@H](C(=O)[O-])N(C(=O)CCC(=O)N2C[C@@H](NC(=O)C3CC3)C[C@H]2C(=O)[O-])C1)c1ccco1. The Labute approximate surface area is 205 Å². The minimum atomic E-state index is -1.49. The van der Waals surface area contributed by atoms with E-state index in [-0.39, 0.29) is 56.4 Å². The molecule has 0 spiro atoms. The second-order valence-electron chi connectivity index (χ2n) is 9.36. The summed E-state index contributed by atoms with van der Waals surface area (Å²) >= 11 is 0. The third-order valence-corrected chi connectivity index (χ3v) is 6.71. The maximum atomic E-state index is 12.8. The highest BCUT2D eigenvalue weighted by Gasteiger charge is 2.40. The Morgan fingerprint density at radius 2 is 1.39 bits per heavy atom. The molecule has 2 saturated heterocycles. The fourth-order valence-corrected chi connectivity index (χ4v) is 4.71. The Morgan fingerprint density at radius 1 is 0.861 bits per heavy atom. The standard InChI is InChI=1S/C23H28N4O9/c28-18(26-10-13(8-15(26)22(32)33)24-20(30)12-3-4-12)5-6-19(29)27-11-14(9-16(27)23(34)35)25-21(31)17-2-1-7-36-17/h1-2,7,12-16H,3-6,8-11H2,(H,24,30)(H,25,31)(H,32,33)(H,34,35)/p-2/t13-,14-,15-,16-/m0/s1. The van der Waals surface area contributed by atoms with Gasteiger partial charge in [-0.2, -0.15) is 0 Å². The highest BCUT2D eigenvalue weighted by Crippen LogP contribution is 2.30. The minimum absolute atomic E-state index is 0.0103. The lowest BCUT2D eigenvalue weighted by Gasteiger charge is -2.27.